The Hall–Kier alpha value is -1.62. The Labute approximate surface area is 113 Å². The highest BCUT2D eigenvalue weighted by atomic mass is 19.1. The third-order valence-electron chi connectivity index (χ3n) is 2.77. The molecule has 1 amide bonds. The highest BCUT2D eigenvalue weighted by molar-refractivity contribution is 5.96. The SMILES string of the molecule is CCCC(C)OC(C)C(=O)Nc1ccc(F)cc1N. The van der Waals surface area contributed by atoms with Crippen LogP contribution < -0.4 is 11.1 Å². The lowest BCUT2D eigenvalue weighted by Crippen LogP contribution is -2.31. The molecule has 0 bridgehead atoms. The predicted molar refractivity (Wildman–Crippen MR) is 74.4 cm³/mol. The van der Waals surface area contributed by atoms with Crippen molar-refractivity contribution in [1.29, 1.82) is 0 Å². The molecule has 3 N–H and O–H groups in total. The van der Waals surface area contributed by atoms with Gasteiger partial charge in [0, 0.05) is 0 Å². The van der Waals surface area contributed by atoms with Gasteiger partial charge in [-0.3, -0.25) is 4.79 Å². The number of anilines is 2. The summed E-state index contributed by atoms with van der Waals surface area (Å²) in [5, 5.41) is 2.63. The lowest BCUT2D eigenvalue weighted by Gasteiger charge is -2.18. The zero-order valence-corrected chi connectivity index (χ0v) is 11.6. The Kier molecular flexibility index (Phi) is 5.76. The first-order valence-electron chi connectivity index (χ1n) is 6.45. The van der Waals surface area contributed by atoms with Gasteiger partial charge >= 0.3 is 0 Å². The maximum Gasteiger partial charge on any atom is 0.253 e. The van der Waals surface area contributed by atoms with Crippen LogP contribution in [-0.4, -0.2) is 18.1 Å². The number of amides is 1. The minimum absolute atomic E-state index is 0.0244. The second kappa shape index (κ2) is 7.09. The molecule has 0 aliphatic carbocycles. The quantitative estimate of drug-likeness (QED) is 0.780. The van der Waals surface area contributed by atoms with Crippen LogP contribution in [0.15, 0.2) is 18.2 Å². The van der Waals surface area contributed by atoms with E-state index in [0.29, 0.717) is 5.69 Å². The van der Waals surface area contributed by atoms with E-state index in [0.717, 1.165) is 12.8 Å². The second-order valence-electron chi connectivity index (χ2n) is 4.60. The fourth-order valence-electron chi connectivity index (χ4n) is 1.77. The fourth-order valence-corrected chi connectivity index (χ4v) is 1.77. The Balaban J connectivity index is 2.58. The van der Waals surface area contributed by atoms with Crippen LogP contribution in [0, 0.1) is 5.82 Å². The molecule has 1 rings (SSSR count). The summed E-state index contributed by atoms with van der Waals surface area (Å²) in [5.74, 6) is -0.724. The number of carbonyl (C=O) groups excluding carboxylic acids is 1. The fraction of sp³-hybridized carbons (Fsp3) is 0.500. The molecule has 0 aliphatic rings. The number of benzene rings is 1. The minimum Gasteiger partial charge on any atom is -0.397 e. The summed E-state index contributed by atoms with van der Waals surface area (Å²) < 4.78 is 18.4. The van der Waals surface area contributed by atoms with Crippen molar-refractivity contribution in [3.8, 4) is 0 Å². The summed E-state index contributed by atoms with van der Waals surface area (Å²) in [7, 11) is 0. The van der Waals surface area contributed by atoms with E-state index in [2.05, 4.69) is 12.2 Å². The summed E-state index contributed by atoms with van der Waals surface area (Å²) in [6.45, 7) is 5.67. The molecule has 4 nitrogen and oxygen atoms in total. The normalized spacial score (nSPS) is 13.9. The minimum atomic E-state index is -0.578. The number of nitrogens with two attached hydrogens (primary N) is 1. The van der Waals surface area contributed by atoms with Crippen molar-refractivity contribution in [1.82, 2.24) is 0 Å². The van der Waals surface area contributed by atoms with Crippen molar-refractivity contribution >= 4 is 17.3 Å². The Bertz CT molecular complexity index is 437. The monoisotopic (exact) mass is 268 g/mol. The maximum atomic E-state index is 12.9. The lowest BCUT2D eigenvalue weighted by molar-refractivity contribution is -0.129. The molecular formula is C14H21FN2O2. The largest absolute Gasteiger partial charge is 0.397 e. The van der Waals surface area contributed by atoms with Crippen LogP contribution in [0.2, 0.25) is 0 Å². The molecule has 0 fully saturated rings. The number of ether oxygens (including phenoxy) is 1. The third kappa shape index (κ3) is 4.87. The van der Waals surface area contributed by atoms with Crippen molar-refractivity contribution in [3.63, 3.8) is 0 Å². The van der Waals surface area contributed by atoms with Gasteiger partial charge in [0.2, 0.25) is 0 Å². The Morgan fingerprint density at radius 1 is 1.47 bits per heavy atom. The van der Waals surface area contributed by atoms with Crippen molar-refractivity contribution in [2.45, 2.75) is 45.8 Å². The van der Waals surface area contributed by atoms with Crippen LogP contribution >= 0.6 is 0 Å². The Morgan fingerprint density at radius 2 is 2.16 bits per heavy atom. The van der Waals surface area contributed by atoms with Crippen molar-refractivity contribution in [2.75, 3.05) is 11.1 Å². The summed E-state index contributed by atoms with van der Waals surface area (Å²) in [6, 6.07) is 3.85. The third-order valence-corrected chi connectivity index (χ3v) is 2.77. The number of rotatable bonds is 6. The van der Waals surface area contributed by atoms with E-state index < -0.39 is 11.9 Å². The molecular weight excluding hydrogens is 247 g/mol. The average molecular weight is 268 g/mol. The molecule has 0 radical (unpaired) electrons. The zero-order chi connectivity index (χ0) is 14.4. The molecule has 19 heavy (non-hydrogen) atoms. The van der Waals surface area contributed by atoms with Gasteiger partial charge < -0.3 is 15.8 Å². The number of hydrogen-bond acceptors (Lipinski definition) is 3. The first-order chi connectivity index (χ1) is 8.93. The van der Waals surface area contributed by atoms with Gasteiger partial charge in [-0.2, -0.15) is 0 Å². The predicted octanol–water partition coefficient (Wildman–Crippen LogP) is 2.94. The molecule has 1 aromatic rings. The number of halogens is 1. The molecule has 0 aliphatic heterocycles. The van der Waals surface area contributed by atoms with Gasteiger partial charge in [0.15, 0.2) is 0 Å². The van der Waals surface area contributed by atoms with Crippen LogP contribution in [0.4, 0.5) is 15.8 Å². The summed E-state index contributed by atoms with van der Waals surface area (Å²) >= 11 is 0. The van der Waals surface area contributed by atoms with Gasteiger partial charge in [0.05, 0.1) is 17.5 Å². The first-order valence-corrected chi connectivity index (χ1v) is 6.45. The smallest absolute Gasteiger partial charge is 0.253 e. The molecule has 0 spiro atoms. The molecule has 0 saturated carbocycles. The van der Waals surface area contributed by atoms with Crippen LogP contribution in [0.5, 0.6) is 0 Å². The summed E-state index contributed by atoms with van der Waals surface area (Å²) in [4.78, 5) is 11.9. The van der Waals surface area contributed by atoms with E-state index in [1.165, 1.54) is 18.2 Å². The van der Waals surface area contributed by atoms with Crippen molar-refractivity contribution in [2.24, 2.45) is 0 Å². The number of nitrogen functional groups attached to an aromatic ring is 1. The van der Waals surface area contributed by atoms with Crippen molar-refractivity contribution < 1.29 is 13.9 Å². The molecule has 0 aromatic heterocycles. The van der Waals surface area contributed by atoms with Crippen LogP contribution in [-0.2, 0) is 9.53 Å². The van der Waals surface area contributed by atoms with Crippen LogP contribution in [0.3, 0.4) is 0 Å². The highest BCUT2D eigenvalue weighted by Gasteiger charge is 2.17. The van der Waals surface area contributed by atoms with E-state index in [1.54, 1.807) is 6.92 Å². The van der Waals surface area contributed by atoms with E-state index in [9.17, 15) is 9.18 Å². The number of nitrogens with one attached hydrogen (secondary N) is 1. The molecule has 5 heteroatoms. The molecule has 106 valence electrons. The highest BCUT2D eigenvalue weighted by Crippen LogP contribution is 2.19. The van der Waals surface area contributed by atoms with Crippen molar-refractivity contribution in [3.05, 3.63) is 24.0 Å². The van der Waals surface area contributed by atoms with E-state index in [1.807, 2.05) is 6.92 Å². The van der Waals surface area contributed by atoms with E-state index in [4.69, 9.17) is 10.5 Å². The topological polar surface area (TPSA) is 64.3 Å². The number of carbonyl (C=O) groups is 1. The maximum absolute atomic E-state index is 12.9. The van der Waals surface area contributed by atoms with Gasteiger partial charge in [0.1, 0.15) is 11.9 Å². The van der Waals surface area contributed by atoms with Gasteiger partial charge in [-0.1, -0.05) is 13.3 Å². The number of hydrogen-bond donors (Lipinski definition) is 2. The molecule has 0 saturated heterocycles. The average Bonchev–Trinajstić information content (AvgIpc) is 2.32. The standard InChI is InChI=1S/C14H21FN2O2/c1-4-5-9(2)19-10(3)14(18)17-13-7-6-11(15)8-12(13)16/h6-10H,4-5,16H2,1-3H3,(H,17,18). The first kappa shape index (κ1) is 15.4. The zero-order valence-electron chi connectivity index (χ0n) is 11.6. The van der Waals surface area contributed by atoms with Crippen LogP contribution in [0.25, 0.3) is 0 Å². The molecule has 2 unspecified atom stereocenters. The molecule has 1 aromatic carbocycles. The van der Waals surface area contributed by atoms with Gasteiger partial charge in [-0.15, -0.1) is 0 Å². The van der Waals surface area contributed by atoms with Gasteiger partial charge in [-0.05, 0) is 38.5 Å². The Morgan fingerprint density at radius 3 is 2.74 bits per heavy atom. The van der Waals surface area contributed by atoms with Gasteiger partial charge in [0.25, 0.3) is 5.91 Å². The summed E-state index contributed by atoms with van der Waals surface area (Å²) in [6.07, 6.45) is 1.35. The lowest BCUT2D eigenvalue weighted by atomic mass is 10.2. The van der Waals surface area contributed by atoms with E-state index in [-0.39, 0.29) is 17.7 Å². The van der Waals surface area contributed by atoms with Gasteiger partial charge in [-0.25, -0.2) is 4.39 Å². The van der Waals surface area contributed by atoms with Crippen LogP contribution in [0.1, 0.15) is 33.6 Å². The van der Waals surface area contributed by atoms with E-state index >= 15 is 0 Å². The second-order valence-corrected chi connectivity index (χ2v) is 4.60. The summed E-state index contributed by atoms with van der Waals surface area (Å²) in [5.41, 5.74) is 6.21. The molecule has 2 atom stereocenters. The molecule has 0 heterocycles.